The van der Waals surface area contributed by atoms with E-state index in [2.05, 4.69) is 5.18 Å². The van der Waals surface area contributed by atoms with Gasteiger partial charge in [-0.3, -0.25) is 0 Å². The zero-order valence-electron chi connectivity index (χ0n) is 8.43. The van der Waals surface area contributed by atoms with Gasteiger partial charge in [0.15, 0.2) is 5.69 Å². The Morgan fingerprint density at radius 2 is 2.25 bits per heavy atom. The maximum absolute atomic E-state index is 10.7. The van der Waals surface area contributed by atoms with E-state index < -0.39 is 0 Å². The molecule has 0 aliphatic carbocycles. The van der Waals surface area contributed by atoms with E-state index >= 15 is 0 Å². The molecule has 1 heterocycles. The monoisotopic (exact) mass is 215 g/mol. The molecule has 2 aromatic rings. The summed E-state index contributed by atoms with van der Waals surface area (Å²) in [6.07, 6.45) is 0.813. The Labute approximate surface area is 91.4 Å². The van der Waals surface area contributed by atoms with Crippen molar-refractivity contribution in [1.29, 1.82) is 0 Å². The third kappa shape index (κ3) is 1.10. The normalized spacial score (nSPS) is 13.5. The zero-order chi connectivity index (χ0) is 11.1. The standard InChI is InChI=1S/C12H9NO3/c14-9-6-10-11-7(4-5-16-10)2-1-3-8(11)12(9)13-15/h1-3,6,14H,4-5H2. The molecule has 0 atom stereocenters. The SMILES string of the molecule is O=Nc1c(O)cc2c3c(cccc13)CCO2. The van der Waals surface area contributed by atoms with E-state index in [0.717, 1.165) is 17.4 Å². The molecule has 1 aliphatic heterocycles. The van der Waals surface area contributed by atoms with Gasteiger partial charge in [0, 0.05) is 23.3 Å². The van der Waals surface area contributed by atoms with Gasteiger partial charge < -0.3 is 9.84 Å². The average Bonchev–Trinajstić information content (AvgIpc) is 2.30. The van der Waals surface area contributed by atoms with E-state index in [1.165, 1.54) is 6.07 Å². The second kappa shape index (κ2) is 3.20. The molecule has 16 heavy (non-hydrogen) atoms. The molecular formula is C12H9NO3. The zero-order valence-corrected chi connectivity index (χ0v) is 8.43. The lowest BCUT2D eigenvalue weighted by atomic mass is 9.98. The lowest BCUT2D eigenvalue weighted by molar-refractivity contribution is 0.316. The molecule has 0 saturated carbocycles. The fourth-order valence-electron chi connectivity index (χ4n) is 2.18. The summed E-state index contributed by atoms with van der Waals surface area (Å²) in [5, 5.41) is 14.1. The summed E-state index contributed by atoms with van der Waals surface area (Å²) in [6, 6.07) is 7.09. The minimum atomic E-state index is -0.128. The van der Waals surface area contributed by atoms with Crippen LogP contribution in [0.2, 0.25) is 0 Å². The number of phenols is 1. The van der Waals surface area contributed by atoms with Crippen LogP contribution in [0.3, 0.4) is 0 Å². The molecule has 4 heteroatoms. The Hall–Kier alpha value is -2.10. The molecule has 2 aromatic carbocycles. The van der Waals surface area contributed by atoms with Crippen LogP contribution >= 0.6 is 0 Å². The maximum Gasteiger partial charge on any atom is 0.157 e. The van der Waals surface area contributed by atoms with Crippen molar-refractivity contribution >= 4 is 16.5 Å². The number of hydrogen-bond acceptors (Lipinski definition) is 4. The summed E-state index contributed by atoms with van der Waals surface area (Å²) in [6.45, 7) is 0.597. The molecule has 80 valence electrons. The number of phenolic OH excluding ortho intramolecular Hbond substituents is 1. The highest BCUT2D eigenvalue weighted by atomic mass is 16.5. The first-order chi connectivity index (χ1) is 7.81. The Bertz CT molecular complexity index is 592. The van der Waals surface area contributed by atoms with Crippen molar-refractivity contribution < 1.29 is 9.84 Å². The van der Waals surface area contributed by atoms with Crippen molar-refractivity contribution in [2.45, 2.75) is 6.42 Å². The van der Waals surface area contributed by atoms with Gasteiger partial charge in [-0.25, -0.2) is 0 Å². The highest BCUT2D eigenvalue weighted by molar-refractivity contribution is 6.01. The van der Waals surface area contributed by atoms with Crippen LogP contribution in [-0.2, 0) is 6.42 Å². The Balaban J connectivity index is 2.51. The predicted molar refractivity (Wildman–Crippen MR) is 60.3 cm³/mol. The smallest absolute Gasteiger partial charge is 0.157 e. The highest BCUT2D eigenvalue weighted by Crippen LogP contribution is 2.43. The number of benzene rings is 2. The van der Waals surface area contributed by atoms with E-state index in [9.17, 15) is 10.0 Å². The summed E-state index contributed by atoms with van der Waals surface area (Å²) in [5.74, 6) is 0.498. The number of rotatable bonds is 1. The molecule has 4 nitrogen and oxygen atoms in total. The van der Waals surface area contributed by atoms with Crippen molar-refractivity contribution in [3.63, 3.8) is 0 Å². The molecule has 0 spiro atoms. The van der Waals surface area contributed by atoms with E-state index in [4.69, 9.17) is 4.74 Å². The molecular weight excluding hydrogens is 206 g/mol. The van der Waals surface area contributed by atoms with E-state index in [0.29, 0.717) is 17.7 Å². The Morgan fingerprint density at radius 3 is 3.06 bits per heavy atom. The van der Waals surface area contributed by atoms with Crippen LogP contribution in [0.4, 0.5) is 5.69 Å². The van der Waals surface area contributed by atoms with Gasteiger partial charge >= 0.3 is 0 Å². The van der Waals surface area contributed by atoms with Crippen LogP contribution in [-0.4, -0.2) is 11.7 Å². The number of aromatic hydroxyl groups is 1. The molecule has 3 rings (SSSR count). The van der Waals surface area contributed by atoms with Gasteiger partial charge in [0.2, 0.25) is 0 Å². The lowest BCUT2D eigenvalue weighted by Gasteiger charge is -2.19. The van der Waals surface area contributed by atoms with Gasteiger partial charge in [0.1, 0.15) is 11.5 Å². The molecule has 0 saturated heterocycles. The van der Waals surface area contributed by atoms with Gasteiger partial charge in [-0.1, -0.05) is 18.2 Å². The first kappa shape index (κ1) is 9.15. The van der Waals surface area contributed by atoms with Gasteiger partial charge in [-0.15, -0.1) is 4.91 Å². The fraction of sp³-hybridized carbons (Fsp3) is 0.167. The van der Waals surface area contributed by atoms with Crippen molar-refractivity contribution in [3.8, 4) is 11.5 Å². The molecule has 1 N–H and O–H groups in total. The molecule has 0 fully saturated rings. The van der Waals surface area contributed by atoms with E-state index in [-0.39, 0.29) is 11.4 Å². The summed E-state index contributed by atoms with van der Waals surface area (Å²) in [4.78, 5) is 10.7. The van der Waals surface area contributed by atoms with Gasteiger partial charge in [-0.2, -0.15) is 0 Å². The largest absolute Gasteiger partial charge is 0.505 e. The predicted octanol–water partition coefficient (Wildman–Crippen LogP) is 2.88. The summed E-state index contributed by atoms with van der Waals surface area (Å²) < 4.78 is 5.47. The second-order valence-electron chi connectivity index (χ2n) is 3.77. The summed E-state index contributed by atoms with van der Waals surface area (Å²) in [7, 11) is 0. The average molecular weight is 215 g/mol. The van der Waals surface area contributed by atoms with Crippen LogP contribution in [0.1, 0.15) is 5.56 Å². The number of nitrogens with zero attached hydrogens (tertiary/aromatic N) is 1. The third-order valence-corrected chi connectivity index (χ3v) is 2.88. The third-order valence-electron chi connectivity index (χ3n) is 2.88. The Morgan fingerprint density at radius 1 is 1.38 bits per heavy atom. The molecule has 0 bridgehead atoms. The molecule has 0 aromatic heterocycles. The van der Waals surface area contributed by atoms with Crippen LogP contribution in [0.25, 0.3) is 10.8 Å². The molecule has 0 radical (unpaired) electrons. The maximum atomic E-state index is 10.7. The van der Waals surface area contributed by atoms with Gasteiger partial charge in [-0.05, 0) is 10.7 Å². The van der Waals surface area contributed by atoms with Crippen molar-refractivity contribution in [1.82, 2.24) is 0 Å². The quantitative estimate of drug-likeness (QED) is 0.744. The van der Waals surface area contributed by atoms with Crippen LogP contribution in [0, 0.1) is 4.91 Å². The molecule has 0 unspecified atom stereocenters. The lowest BCUT2D eigenvalue weighted by Crippen LogP contribution is -2.08. The topological polar surface area (TPSA) is 58.9 Å². The minimum Gasteiger partial charge on any atom is -0.505 e. The summed E-state index contributed by atoms with van der Waals surface area (Å²) in [5.41, 5.74) is 1.22. The first-order valence-corrected chi connectivity index (χ1v) is 5.05. The van der Waals surface area contributed by atoms with Crippen molar-refractivity contribution in [3.05, 3.63) is 34.7 Å². The van der Waals surface area contributed by atoms with Gasteiger partial charge in [0.05, 0.1) is 6.61 Å². The van der Waals surface area contributed by atoms with Crippen LogP contribution < -0.4 is 4.74 Å². The van der Waals surface area contributed by atoms with Crippen molar-refractivity contribution in [2.75, 3.05) is 6.61 Å². The van der Waals surface area contributed by atoms with E-state index in [1.54, 1.807) is 6.07 Å². The number of nitroso groups, excluding NO2 is 1. The first-order valence-electron chi connectivity index (χ1n) is 5.05. The second-order valence-corrected chi connectivity index (χ2v) is 3.77. The number of hydrogen-bond donors (Lipinski definition) is 1. The highest BCUT2D eigenvalue weighted by Gasteiger charge is 2.18. The van der Waals surface area contributed by atoms with Crippen molar-refractivity contribution in [2.24, 2.45) is 5.18 Å². The van der Waals surface area contributed by atoms with E-state index in [1.807, 2.05) is 12.1 Å². The fourth-order valence-corrected chi connectivity index (χ4v) is 2.18. The number of ether oxygens (including phenoxy) is 1. The minimum absolute atomic E-state index is 0.0890. The molecule has 0 amide bonds. The Kier molecular flexibility index (Phi) is 1.83. The van der Waals surface area contributed by atoms with Crippen LogP contribution in [0.5, 0.6) is 11.5 Å². The summed E-state index contributed by atoms with van der Waals surface area (Å²) >= 11 is 0. The van der Waals surface area contributed by atoms with Gasteiger partial charge in [0.25, 0.3) is 0 Å². The molecule has 1 aliphatic rings. The van der Waals surface area contributed by atoms with Crippen LogP contribution in [0.15, 0.2) is 29.4 Å².